The van der Waals surface area contributed by atoms with Gasteiger partial charge in [-0.15, -0.1) is 11.3 Å². The quantitative estimate of drug-likeness (QED) is 0.861. The standard InChI is InChI=1S/C15H16N2O4S2/c1-9(18)22-8-14(19)17-15-16-11(7-23-15)10-4-5-12(20-2)13(6-10)21-3/h4-7H,8H2,1-3H3,(H,16,17,19). The van der Waals surface area contributed by atoms with Gasteiger partial charge in [0.1, 0.15) is 0 Å². The predicted octanol–water partition coefficient (Wildman–Crippen LogP) is 3.05. The van der Waals surface area contributed by atoms with E-state index in [9.17, 15) is 9.59 Å². The summed E-state index contributed by atoms with van der Waals surface area (Å²) < 4.78 is 10.5. The zero-order chi connectivity index (χ0) is 16.8. The molecule has 1 amide bonds. The molecule has 1 heterocycles. The van der Waals surface area contributed by atoms with E-state index in [4.69, 9.17) is 9.47 Å². The lowest BCUT2D eigenvalue weighted by molar-refractivity contribution is -0.114. The lowest BCUT2D eigenvalue weighted by atomic mass is 10.1. The fraction of sp³-hybridized carbons (Fsp3) is 0.267. The molecule has 0 aliphatic rings. The summed E-state index contributed by atoms with van der Waals surface area (Å²) in [7, 11) is 3.15. The number of nitrogens with zero attached hydrogens (tertiary/aromatic N) is 1. The Kier molecular flexibility index (Phi) is 6.00. The summed E-state index contributed by atoms with van der Waals surface area (Å²) in [6.07, 6.45) is 0. The third kappa shape index (κ3) is 4.70. The van der Waals surface area contributed by atoms with E-state index in [1.165, 1.54) is 18.3 Å². The molecule has 0 atom stereocenters. The molecule has 1 N–H and O–H groups in total. The highest BCUT2D eigenvalue weighted by atomic mass is 32.2. The van der Waals surface area contributed by atoms with Crippen LogP contribution >= 0.6 is 23.1 Å². The number of anilines is 1. The Morgan fingerprint density at radius 3 is 2.65 bits per heavy atom. The van der Waals surface area contributed by atoms with Gasteiger partial charge in [-0.25, -0.2) is 4.98 Å². The molecule has 1 aromatic carbocycles. The van der Waals surface area contributed by atoms with E-state index in [0.29, 0.717) is 16.6 Å². The van der Waals surface area contributed by atoms with Crippen LogP contribution in [0.5, 0.6) is 11.5 Å². The van der Waals surface area contributed by atoms with Crippen molar-refractivity contribution in [2.24, 2.45) is 0 Å². The number of methoxy groups -OCH3 is 2. The predicted molar refractivity (Wildman–Crippen MR) is 92.4 cm³/mol. The van der Waals surface area contributed by atoms with Crippen molar-refractivity contribution >= 4 is 39.3 Å². The lowest BCUT2D eigenvalue weighted by Crippen LogP contribution is -2.14. The Labute approximate surface area is 142 Å². The smallest absolute Gasteiger partial charge is 0.236 e. The summed E-state index contributed by atoms with van der Waals surface area (Å²) in [5.41, 5.74) is 1.59. The minimum atomic E-state index is -0.251. The minimum Gasteiger partial charge on any atom is -0.493 e. The van der Waals surface area contributed by atoms with Crippen LogP contribution in [0.2, 0.25) is 0 Å². The molecule has 0 radical (unpaired) electrons. The molecule has 0 saturated heterocycles. The van der Waals surface area contributed by atoms with Gasteiger partial charge in [-0.3, -0.25) is 9.59 Å². The van der Waals surface area contributed by atoms with Crippen molar-refractivity contribution in [1.82, 2.24) is 4.98 Å². The number of hydrogen-bond donors (Lipinski definition) is 1. The summed E-state index contributed by atoms with van der Waals surface area (Å²) in [4.78, 5) is 26.9. The normalized spacial score (nSPS) is 10.2. The largest absolute Gasteiger partial charge is 0.493 e. The van der Waals surface area contributed by atoms with Gasteiger partial charge in [0.15, 0.2) is 21.7 Å². The van der Waals surface area contributed by atoms with Crippen LogP contribution in [0.25, 0.3) is 11.3 Å². The first-order chi connectivity index (χ1) is 11.0. The molecule has 122 valence electrons. The first-order valence-corrected chi connectivity index (χ1v) is 8.51. The highest BCUT2D eigenvalue weighted by Crippen LogP contribution is 2.33. The second-order valence-electron chi connectivity index (χ2n) is 4.44. The number of ether oxygens (including phenoxy) is 2. The second-order valence-corrected chi connectivity index (χ2v) is 6.45. The van der Waals surface area contributed by atoms with Crippen LogP contribution in [0.4, 0.5) is 5.13 Å². The molecular formula is C15H16N2O4S2. The van der Waals surface area contributed by atoms with Crippen molar-refractivity contribution in [3.8, 4) is 22.8 Å². The molecule has 6 nitrogen and oxygen atoms in total. The summed E-state index contributed by atoms with van der Waals surface area (Å²) in [5, 5.41) is 4.92. The number of carbonyl (C=O) groups is 2. The average molecular weight is 352 g/mol. The summed E-state index contributed by atoms with van der Waals surface area (Å²) >= 11 is 2.29. The fourth-order valence-corrected chi connectivity index (χ4v) is 2.92. The summed E-state index contributed by atoms with van der Waals surface area (Å²) in [6.45, 7) is 1.43. The molecule has 0 spiro atoms. The van der Waals surface area contributed by atoms with Crippen molar-refractivity contribution < 1.29 is 19.1 Å². The highest BCUT2D eigenvalue weighted by molar-refractivity contribution is 8.14. The number of thiazole rings is 1. The molecule has 0 fully saturated rings. The van der Waals surface area contributed by atoms with E-state index in [1.807, 2.05) is 17.5 Å². The third-order valence-corrected chi connectivity index (χ3v) is 4.41. The van der Waals surface area contributed by atoms with E-state index in [2.05, 4.69) is 10.3 Å². The van der Waals surface area contributed by atoms with Gasteiger partial charge in [0.05, 0.1) is 25.7 Å². The van der Waals surface area contributed by atoms with E-state index < -0.39 is 0 Å². The molecule has 0 saturated carbocycles. The Morgan fingerprint density at radius 2 is 2.00 bits per heavy atom. The maximum absolute atomic E-state index is 11.7. The average Bonchev–Trinajstić information content (AvgIpc) is 3.00. The molecule has 2 rings (SSSR count). The molecule has 0 aliphatic heterocycles. The molecule has 0 unspecified atom stereocenters. The van der Waals surface area contributed by atoms with E-state index in [1.54, 1.807) is 20.3 Å². The third-order valence-electron chi connectivity index (χ3n) is 2.84. The van der Waals surface area contributed by atoms with Gasteiger partial charge in [-0.05, 0) is 18.2 Å². The Bertz CT molecular complexity index is 715. The Balaban J connectivity index is 2.10. The molecule has 0 bridgehead atoms. The Hall–Kier alpha value is -2.06. The van der Waals surface area contributed by atoms with E-state index in [0.717, 1.165) is 23.0 Å². The summed E-state index contributed by atoms with van der Waals surface area (Å²) in [5.74, 6) is 1.08. The van der Waals surface area contributed by atoms with Crippen LogP contribution in [0.3, 0.4) is 0 Å². The molecule has 23 heavy (non-hydrogen) atoms. The van der Waals surface area contributed by atoms with Crippen LogP contribution in [-0.2, 0) is 9.59 Å². The van der Waals surface area contributed by atoms with Gasteiger partial charge in [0.2, 0.25) is 5.91 Å². The fourth-order valence-electron chi connectivity index (χ4n) is 1.78. The van der Waals surface area contributed by atoms with Gasteiger partial charge >= 0.3 is 0 Å². The van der Waals surface area contributed by atoms with E-state index >= 15 is 0 Å². The monoisotopic (exact) mass is 352 g/mol. The number of hydrogen-bond acceptors (Lipinski definition) is 7. The van der Waals surface area contributed by atoms with Gasteiger partial charge in [-0.2, -0.15) is 0 Å². The summed E-state index contributed by atoms with van der Waals surface area (Å²) in [6, 6.07) is 5.49. The highest BCUT2D eigenvalue weighted by Gasteiger charge is 2.11. The van der Waals surface area contributed by atoms with E-state index in [-0.39, 0.29) is 16.8 Å². The Morgan fingerprint density at radius 1 is 1.26 bits per heavy atom. The minimum absolute atomic E-state index is 0.0839. The maximum atomic E-state index is 11.7. The number of benzene rings is 1. The van der Waals surface area contributed by atoms with Crippen molar-refractivity contribution in [2.75, 3.05) is 25.3 Å². The van der Waals surface area contributed by atoms with Crippen LogP contribution in [0, 0.1) is 0 Å². The zero-order valence-corrected chi connectivity index (χ0v) is 14.5. The van der Waals surface area contributed by atoms with Crippen molar-refractivity contribution in [3.63, 3.8) is 0 Å². The van der Waals surface area contributed by atoms with Crippen molar-refractivity contribution in [1.29, 1.82) is 0 Å². The van der Waals surface area contributed by atoms with Gasteiger partial charge < -0.3 is 14.8 Å². The molecule has 8 heteroatoms. The second kappa shape index (κ2) is 7.98. The van der Waals surface area contributed by atoms with Gasteiger partial charge in [0, 0.05) is 17.9 Å². The molecule has 2 aromatic rings. The van der Waals surface area contributed by atoms with Crippen LogP contribution in [0.1, 0.15) is 6.92 Å². The number of amides is 1. The van der Waals surface area contributed by atoms with Crippen LogP contribution < -0.4 is 14.8 Å². The van der Waals surface area contributed by atoms with Crippen molar-refractivity contribution in [2.45, 2.75) is 6.92 Å². The molecular weight excluding hydrogens is 336 g/mol. The number of carbonyl (C=O) groups excluding carboxylic acids is 2. The molecule has 0 aliphatic carbocycles. The lowest BCUT2D eigenvalue weighted by Gasteiger charge is -2.08. The van der Waals surface area contributed by atoms with Crippen LogP contribution in [-0.4, -0.2) is 36.0 Å². The number of thioether (sulfide) groups is 1. The van der Waals surface area contributed by atoms with Gasteiger partial charge in [-0.1, -0.05) is 11.8 Å². The first kappa shape index (κ1) is 17.3. The van der Waals surface area contributed by atoms with Crippen LogP contribution in [0.15, 0.2) is 23.6 Å². The number of aromatic nitrogens is 1. The molecule has 1 aromatic heterocycles. The first-order valence-electron chi connectivity index (χ1n) is 6.64. The van der Waals surface area contributed by atoms with Gasteiger partial charge in [0.25, 0.3) is 0 Å². The maximum Gasteiger partial charge on any atom is 0.236 e. The SMILES string of the molecule is COc1ccc(-c2csc(NC(=O)CSC(C)=O)n2)cc1OC. The van der Waals surface area contributed by atoms with Crippen molar-refractivity contribution in [3.05, 3.63) is 23.6 Å². The number of rotatable bonds is 6. The zero-order valence-electron chi connectivity index (χ0n) is 12.9. The number of nitrogens with one attached hydrogen (secondary N) is 1. The topological polar surface area (TPSA) is 77.5 Å².